The first-order valence-electron chi connectivity index (χ1n) is 8.84. The van der Waals surface area contributed by atoms with Crippen molar-refractivity contribution in [1.29, 1.82) is 0 Å². The Hall–Kier alpha value is -1.43. The van der Waals surface area contributed by atoms with E-state index >= 15 is 0 Å². The lowest BCUT2D eigenvalue weighted by Crippen LogP contribution is -2.53. The van der Waals surface area contributed by atoms with Gasteiger partial charge in [-0.15, -0.1) is 0 Å². The summed E-state index contributed by atoms with van der Waals surface area (Å²) in [5.41, 5.74) is 1.06. The number of guanidine groups is 1. The zero-order valence-electron chi connectivity index (χ0n) is 14.8. The molecule has 5 nitrogen and oxygen atoms in total. The van der Waals surface area contributed by atoms with Crippen LogP contribution in [0.5, 0.6) is 5.88 Å². The van der Waals surface area contributed by atoms with Crippen molar-refractivity contribution in [2.75, 3.05) is 33.0 Å². The van der Waals surface area contributed by atoms with Crippen LogP contribution in [0.2, 0.25) is 0 Å². The van der Waals surface area contributed by atoms with Crippen LogP contribution in [0, 0.1) is 0 Å². The molecule has 1 aliphatic heterocycles. The number of aliphatic imine (C=N–C) groups is 1. The fourth-order valence-electron chi connectivity index (χ4n) is 3.77. The predicted octanol–water partition coefficient (Wildman–Crippen LogP) is 2.92. The first kappa shape index (κ1) is 17.4. The van der Waals surface area contributed by atoms with Crippen LogP contribution in [-0.2, 0) is 6.54 Å². The van der Waals surface area contributed by atoms with Crippen molar-refractivity contribution in [3.63, 3.8) is 0 Å². The van der Waals surface area contributed by atoms with Crippen molar-refractivity contribution in [2.45, 2.75) is 43.4 Å². The summed E-state index contributed by atoms with van der Waals surface area (Å²) >= 11 is 2.18. The van der Waals surface area contributed by atoms with E-state index in [1.165, 1.54) is 37.9 Å². The lowest BCUT2D eigenvalue weighted by Gasteiger charge is -2.45. The minimum Gasteiger partial charge on any atom is -0.481 e. The standard InChI is InChI=1S/C18H28N4OS/c1-19-17(21-13-15-7-6-10-20-16(15)23-2)22-11-12-24-18(14-22)8-4-3-5-9-18/h6-7,10H,3-5,8-9,11-14H2,1-2H3,(H,19,21). The first-order valence-corrected chi connectivity index (χ1v) is 9.82. The highest BCUT2D eigenvalue weighted by Crippen LogP contribution is 2.42. The summed E-state index contributed by atoms with van der Waals surface area (Å²) in [5, 5.41) is 3.50. The van der Waals surface area contributed by atoms with Crippen molar-refractivity contribution < 1.29 is 4.74 Å². The second kappa shape index (κ2) is 8.10. The lowest BCUT2D eigenvalue weighted by atomic mass is 9.87. The Bertz CT molecular complexity index is 566. The number of ether oxygens (including phenoxy) is 1. The largest absolute Gasteiger partial charge is 0.481 e. The molecule has 2 fully saturated rings. The van der Waals surface area contributed by atoms with Gasteiger partial charge in [-0.25, -0.2) is 4.98 Å². The third-order valence-corrected chi connectivity index (χ3v) is 6.54. The Morgan fingerprint density at radius 3 is 3.00 bits per heavy atom. The smallest absolute Gasteiger partial charge is 0.218 e. The Kier molecular flexibility index (Phi) is 5.87. The van der Waals surface area contributed by atoms with Gasteiger partial charge in [-0.05, 0) is 18.9 Å². The normalized spacial score (nSPS) is 20.9. The Labute approximate surface area is 149 Å². The second-order valence-corrected chi connectivity index (χ2v) is 8.15. The Morgan fingerprint density at radius 1 is 1.42 bits per heavy atom. The number of thioether (sulfide) groups is 1. The van der Waals surface area contributed by atoms with E-state index in [1.807, 2.05) is 19.2 Å². The molecule has 1 aromatic rings. The van der Waals surface area contributed by atoms with E-state index in [4.69, 9.17) is 4.74 Å². The van der Waals surface area contributed by atoms with Gasteiger partial charge >= 0.3 is 0 Å². The zero-order chi connectivity index (χ0) is 16.8. The fourth-order valence-corrected chi connectivity index (χ4v) is 5.34. The van der Waals surface area contributed by atoms with E-state index in [2.05, 4.69) is 32.0 Å². The molecule has 2 aliphatic rings. The van der Waals surface area contributed by atoms with Crippen LogP contribution in [-0.4, -0.2) is 53.6 Å². The van der Waals surface area contributed by atoms with Gasteiger partial charge in [0.2, 0.25) is 5.88 Å². The molecule has 1 N–H and O–H groups in total. The molecule has 132 valence electrons. The summed E-state index contributed by atoms with van der Waals surface area (Å²) < 4.78 is 5.78. The molecule has 3 rings (SSSR count). The summed E-state index contributed by atoms with van der Waals surface area (Å²) in [7, 11) is 3.54. The van der Waals surface area contributed by atoms with Gasteiger partial charge < -0.3 is 15.0 Å². The molecule has 1 spiro atoms. The molecule has 0 atom stereocenters. The van der Waals surface area contributed by atoms with Crippen molar-refractivity contribution >= 4 is 17.7 Å². The van der Waals surface area contributed by atoms with Crippen molar-refractivity contribution in [3.8, 4) is 5.88 Å². The maximum atomic E-state index is 5.34. The van der Waals surface area contributed by atoms with Crippen LogP contribution in [0.25, 0.3) is 0 Å². The molecule has 0 aromatic carbocycles. The SMILES string of the molecule is CN=C(NCc1cccnc1OC)N1CCSC2(CCCCC2)C1. The summed E-state index contributed by atoms with van der Waals surface area (Å²) in [5.74, 6) is 2.86. The first-order chi connectivity index (χ1) is 11.8. The highest BCUT2D eigenvalue weighted by Gasteiger charge is 2.38. The van der Waals surface area contributed by atoms with Crippen molar-refractivity contribution in [3.05, 3.63) is 23.9 Å². The van der Waals surface area contributed by atoms with Crippen LogP contribution >= 0.6 is 11.8 Å². The van der Waals surface area contributed by atoms with Gasteiger partial charge in [0.25, 0.3) is 0 Å². The molecule has 0 bridgehead atoms. The van der Waals surface area contributed by atoms with E-state index < -0.39 is 0 Å². The molecule has 1 saturated carbocycles. The van der Waals surface area contributed by atoms with E-state index in [-0.39, 0.29) is 0 Å². The highest BCUT2D eigenvalue weighted by molar-refractivity contribution is 8.00. The molecule has 0 amide bonds. The van der Waals surface area contributed by atoms with E-state index in [0.717, 1.165) is 24.6 Å². The van der Waals surface area contributed by atoms with E-state index in [0.29, 0.717) is 17.2 Å². The molecular weight excluding hydrogens is 320 g/mol. The van der Waals surface area contributed by atoms with E-state index in [1.54, 1.807) is 13.3 Å². The minimum atomic E-state index is 0.445. The number of nitrogens with one attached hydrogen (secondary N) is 1. The minimum absolute atomic E-state index is 0.445. The summed E-state index contributed by atoms with van der Waals surface area (Å²) in [4.78, 5) is 11.2. The summed E-state index contributed by atoms with van der Waals surface area (Å²) in [6, 6.07) is 3.98. The van der Waals surface area contributed by atoms with Crippen LogP contribution in [0.15, 0.2) is 23.3 Å². The number of hydrogen-bond donors (Lipinski definition) is 1. The second-order valence-electron chi connectivity index (χ2n) is 6.59. The van der Waals surface area contributed by atoms with Gasteiger partial charge in [0.05, 0.1) is 7.11 Å². The monoisotopic (exact) mass is 348 g/mol. The Morgan fingerprint density at radius 2 is 2.25 bits per heavy atom. The zero-order valence-corrected chi connectivity index (χ0v) is 15.6. The van der Waals surface area contributed by atoms with E-state index in [9.17, 15) is 0 Å². The maximum absolute atomic E-state index is 5.34. The van der Waals surface area contributed by atoms with Gasteiger partial charge in [0, 0.05) is 48.9 Å². The van der Waals surface area contributed by atoms with Gasteiger partial charge in [0.1, 0.15) is 0 Å². The fraction of sp³-hybridized carbons (Fsp3) is 0.667. The molecule has 2 heterocycles. The van der Waals surface area contributed by atoms with Crippen LogP contribution in [0.1, 0.15) is 37.7 Å². The molecular formula is C18H28N4OS. The number of methoxy groups -OCH3 is 1. The molecule has 1 saturated heterocycles. The molecule has 6 heteroatoms. The average molecular weight is 349 g/mol. The van der Waals surface area contributed by atoms with Gasteiger partial charge in [-0.1, -0.05) is 25.3 Å². The third kappa shape index (κ3) is 3.97. The predicted molar refractivity (Wildman–Crippen MR) is 101 cm³/mol. The average Bonchev–Trinajstić information content (AvgIpc) is 2.63. The number of pyridine rings is 1. The Balaban J connectivity index is 1.63. The number of nitrogens with zero attached hydrogens (tertiary/aromatic N) is 3. The van der Waals surface area contributed by atoms with Crippen molar-refractivity contribution in [1.82, 2.24) is 15.2 Å². The van der Waals surface area contributed by atoms with Crippen molar-refractivity contribution in [2.24, 2.45) is 4.99 Å². The van der Waals surface area contributed by atoms with Gasteiger partial charge in [-0.2, -0.15) is 11.8 Å². The molecule has 0 radical (unpaired) electrons. The van der Waals surface area contributed by atoms with Crippen LogP contribution < -0.4 is 10.1 Å². The van der Waals surface area contributed by atoms with Gasteiger partial charge in [0.15, 0.2) is 5.96 Å². The summed E-state index contributed by atoms with van der Waals surface area (Å²) in [6.07, 6.45) is 8.60. The van der Waals surface area contributed by atoms with Crippen LogP contribution in [0.3, 0.4) is 0 Å². The van der Waals surface area contributed by atoms with Gasteiger partial charge in [-0.3, -0.25) is 4.99 Å². The number of aromatic nitrogens is 1. The maximum Gasteiger partial charge on any atom is 0.218 e. The quantitative estimate of drug-likeness (QED) is 0.672. The number of rotatable bonds is 3. The molecule has 1 aromatic heterocycles. The highest BCUT2D eigenvalue weighted by atomic mass is 32.2. The molecule has 1 aliphatic carbocycles. The molecule has 0 unspecified atom stereocenters. The molecule has 24 heavy (non-hydrogen) atoms. The third-order valence-electron chi connectivity index (χ3n) is 5.00. The summed E-state index contributed by atoms with van der Waals surface area (Å²) in [6.45, 7) is 2.86. The van der Waals surface area contributed by atoms with Crippen LogP contribution in [0.4, 0.5) is 0 Å². The number of hydrogen-bond acceptors (Lipinski definition) is 4. The lowest BCUT2D eigenvalue weighted by molar-refractivity contribution is 0.293. The topological polar surface area (TPSA) is 49.8 Å².